The highest BCUT2D eigenvalue weighted by Gasteiger charge is 2.32. The molecule has 1 fully saturated rings. The third-order valence-electron chi connectivity index (χ3n) is 5.24. The number of nitrogens with one attached hydrogen (secondary N) is 1. The molecule has 1 aliphatic heterocycles. The molecule has 162 valence electrons. The first-order valence-electron chi connectivity index (χ1n) is 10.1. The molecule has 9 heteroatoms. The van der Waals surface area contributed by atoms with Gasteiger partial charge in [0.25, 0.3) is 11.8 Å². The number of aliphatic hydroxyl groups is 1. The number of morpholine rings is 1. The van der Waals surface area contributed by atoms with Crippen molar-refractivity contribution in [1.29, 1.82) is 0 Å². The van der Waals surface area contributed by atoms with E-state index in [4.69, 9.17) is 9.84 Å². The van der Waals surface area contributed by atoms with Gasteiger partial charge in [0.2, 0.25) is 0 Å². The summed E-state index contributed by atoms with van der Waals surface area (Å²) in [6, 6.07) is 7.78. The summed E-state index contributed by atoms with van der Waals surface area (Å²) in [5.74, 6) is 0.230. The van der Waals surface area contributed by atoms with Crippen LogP contribution in [-0.2, 0) is 4.74 Å². The highest BCUT2D eigenvalue weighted by molar-refractivity contribution is 7.21. The maximum Gasteiger partial charge on any atom is 0.261 e. The lowest BCUT2D eigenvalue weighted by Crippen LogP contribution is -2.43. The predicted octanol–water partition coefficient (Wildman–Crippen LogP) is 2.24. The van der Waals surface area contributed by atoms with E-state index in [-0.39, 0.29) is 25.0 Å². The van der Waals surface area contributed by atoms with Gasteiger partial charge in [0, 0.05) is 29.5 Å². The summed E-state index contributed by atoms with van der Waals surface area (Å²) in [4.78, 5) is 36.7. The Morgan fingerprint density at radius 2 is 2.13 bits per heavy atom. The number of fused-ring (bicyclic) bond motifs is 1. The maximum absolute atomic E-state index is 13.2. The smallest absolute Gasteiger partial charge is 0.261 e. The Bertz CT molecular complexity index is 1130. The Morgan fingerprint density at radius 1 is 1.32 bits per heavy atom. The molecule has 0 spiro atoms. The third-order valence-corrected chi connectivity index (χ3v) is 6.43. The number of hydrogen-bond donors (Lipinski definition) is 2. The van der Waals surface area contributed by atoms with Crippen LogP contribution >= 0.6 is 11.3 Å². The first-order chi connectivity index (χ1) is 15.0. The zero-order chi connectivity index (χ0) is 22.0. The molecule has 0 saturated carbocycles. The highest BCUT2D eigenvalue weighted by Crippen LogP contribution is 2.38. The highest BCUT2D eigenvalue weighted by atomic mass is 32.1. The minimum absolute atomic E-state index is 0.133. The number of ether oxygens (including phenoxy) is 1. The second-order valence-corrected chi connectivity index (χ2v) is 8.40. The molecule has 2 aromatic heterocycles. The number of carbonyl (C=O) groups excluding carboxylic acids is 2. The van der Waals surface area contributed by atoms with Gasteiger partial charge in [-0.1, -0.05) is 18.2 Å². The predicted molar refractivity (Wildman–Crippen MR) is 117 cm³/mol. The molecular weight excluding hydrogens is 416 g/mol. The number of rotatable bonds is 5. The van der Waals surface area contributed by atoms with E-state index >= 15 is 0 Å². The number of thiophene rings is 1. The van der Waals surface area contributed by atoms with Crippen molar-refractivity contribution >= 4 is 33.2 Å². The van der Waals surface area contributed by atoms with Crippen molar-refractivity contribution in [3.8, 4) is 0 Å². The lowest BCUT2D eigenvalue weighted by molar-refractivity contribution is -0.0223. The molecule has 2 N–H and O–H groups in total. The van der Waals surface area contributed by atoms with Gasteiger partial charge in [-0.15, -0.1) is 11.3 Å². The molecule has 0 aliphatic carbocycles. The fourth-order valence-electron chi connectivity index (χ4n) is 3.78. The van der Waals surface area contributed by atoms with Gasteiger partial charge >= 0.3 is 0 Å². The summed E-state index contributed by atoms with van der Waals surface area (Å²) in [5, 5.41) is 12.7. The van der Waals surface area contributed by atoms with E-state index in [0.29, 0.717) is 41.7 Å². The number of carbonyl (C=O) groups is 2. The van der Waals surface area contributed by atoms with E-state index in [1.165, 1.54) is 11.3 Å². The Kier molecular flexibility index (Phi) is 6.26. The number of benzene rings is 1. The zero-order valence-electron chi connectivity index (χ0n) is 17.4. The van der Waals surface area contributed by atoms with Crippen LogP contribution in [0.3, 0.4) is 0 Å². The lowest BCUT2D eigenvalue weighted by Gasteiger charge is -2.33. The van der Waals surface area contributed by atoms with Crippen LogP contribution in [0.1, 0.15) is 43.2 Å². The molecule has 2 amide bonds. The number of aliphatic hydroxyl groups excluding tert-OH is 1. The van der Waals surface area contributed by atoms with Crippen molar-refractivity contribution in [2.75, 3.05) is 32.8 Å². The Hall–Kier alpha value is -2.88. The van der Waals surface area contributed by atoms with E-state index < -0.39 is 6.10 Å². The molecule has 0 bridgehead atoms. The van der Waals surface area contributed by atoms with E-state index in [1.807, 2.05) is 24.3 Å². The van der Waals surface area contributed by atoms with Crippen LogP contribution in [0.5, 0.6) is 0 Å². The van der Waals surface area contributed by atoms with Gasteiger partial charge in [-0.25, -0.2) is 9.97 Å². The van der Waals surface area contributed by atoms with Gasteiger partial charge < -0.3 is 20.1 Å². The van der Waals surface area contributed by atoms with E-state index in [1.54, 1.807) is 24.9 Å². The molecule has 0 radical (unpaired) electrons. The van der Waals surface area contributed by atoms with Crippen LogP contribution < -0.4 is 5.32 Å². The molecule has 1 aromatic carbocycles. The number of aryl methyl sites for hydroxylation is 2. The maximum atomic E-state index is 13.2. The van der Waals surface area contributed by atoms with Crippen LogP contribution in [0, 0.1) is 13.8 Å². The van der Waals surface area contributed by atoms with Gasteiger partial charge in [-0.2, -0.15) is 0 Å². The zero-order valence-corrected chi connectivity index (χ0v) is 18.2. The van der Waals surface area contributed by atoms with Gasteiger partial charge in [0.05, 0.1) is 35.9 Å². The molecule has 3 aromatic rings. The molecule has 8 nitrogen and oxygen atoms in total. The first kappa shape index (κ1) is 21.4. The fourth-order valence-corrected chi connectivity index (χ4v) is 4.95. The van der Waals surface area contributed by atoms with Crippen LogP contribution in [0.2, 0.25) is 0 Å². The molecule has 3 heterocycles. The van der Waals surface area contributed by atoms with Crippen molar-refractivity contribution in [1.82, 2.24) is 20.2 Å². The average molecular weight is 441 g/mol. The van der Waals surface area contributed by atoms with Crippen LogP contribution in [-0.4, -0.2) is 64.6 Å². The van der Waals surface area contributed by atoms with Crippen LogP contribution in [0.25, 0.3) is 10.1 Å². The fraction of sp³-hybridized carbons (Fsp3) is 0.364. The second kappa shape index (κ2) is 9.09. The SMILES string of the molecule is Cc1ncc(C(=O)N2CCOC(c3c(C(=O)NCCO)sc4ccccc34)C2)c(C)n1. The van der Waals surface area contributed by atoms with Gasteiger partial charge in [-0.3, -0.25) is 9.59 Å². The number of aromatic nitrogens is 2. The normalized spacial score (nSPS) is 16.5. The van der Waals surface area contributed by atoms with Crippen LogP contribution in [0.4, 0.5) is 0 Å². The molecule has 1 unspecified atom stereocenters. The summed E-state index contributed by atoms with van der Waals surface area (Å²) in [5.41, 5.74) is 1.90. The quantitative estimate of drug-likeness (QED) is 0.631. The van der Waals surface area contributed by atoms with Gasteiger partial charge in [0.1, 0.15) is 11.9 Å². The number of amides is 2. The van der Waals surface area contributed by atoms with E-state index in [0.717, 1.165) is 15.6 Å². The van der Waals surface area contributed by atoms with Crippen molar-refractivity contribution < 1.29 is 19.4 Å². The minimum Gasteiger partial charge on any atom is -0.395 e. The molecule has 31 heavy (non-hydrogen) atoms. The second-order valence-electron chi connectivity index (χ2n) is 7.35. The van der Waals surface area contributed by atoms with Crippen molar-refractivity contribution in [2.24, 2.45) is 0 Å². The molecule has 4 rings (SSSR count). The monoisotopic (exact) mass is 440 g/mol. The van der Waals surface area contributed by atoms with Crippen molar-refractivity contribution in [3.63, 3.8) is 0 Å². The lowest BCUT2D eigenvalue weighted by atomic mass is 10.0. The third kappa shape index (κ3) is 4.30. The molecule has 1 atom stereocenters. The number of hydrogen-bond acceptors (Lipinski definition) is 7. The van der Waals surface area contributed by atoms with E-state index in [2.05, 4.69) is 15.3 Å². The Labute approximate surface area is 183 Å². The summed E-state index contributed by atoms with van der Waals surface area (Å²) in [6.07, 6.45) is 1.13. The standard InChI is InChI=1S/C22H24N4O4S/c1-13-16(11-24-14(2)25-13)22(29)26-8-10-30-17(12-26)19-15-5-3-4-6-18(15)31-20(19)21(28)23-7-9-27/h3-6,11,17,27H,7-10,12H2,1-2H3,(H,23,28). The minimum atomic E-state index is -0.435. The summed E-state index contributed by atoms with van der Waals surface area (Å²) in [7, 11) is 0. The van der Waals surface area contributed by atoms with E-state index in [9.17, 15) is 9.59 Å². The van der Waals surface area contributed by atoms with Gasteiger partial charge in [0.15, 0.2) is 0 Å². The summed E-state index contributed by atoms with van der Waals surface area (Å²) < 4.78 is 7.02. The molecular formula is C22H24N4O4S. The molecule has 1 saturated heterocycles. The Balaban J connectivity index is 1.66. The van der Waals surface area contributed by atoms with Crippen molar-refractivity contribution in [2.45, 2.75) is 20.0 Å². The largest absolute Gasteiger partial charge is 0.395 e. The van der Waals surface area contributed by atoms with Gasteiger partial charge in [-0.05, 0) is 25.3 Å². The first-order valence-corrected chi connectivity index (χ1v) is 10.9. The summed E-state index contributed by atoms with van der Waals surface area (Å²) >= 11 is 1.39. The molecule has 1 aliphatic rings. The van der Waals surface area contributed by atoms with Crippen LogP contribution in [0.15, 0.2) is 30.5 Å². The Morgan fingerprint density at radius 3 is 2.90 bits per heavy atom. The summed E-state index contributed by atoms with van der Waals surface area (Å²) in [6.45, 7) is 4.78. The topological polar surface area (TPSA) is 105 Å². The average Bonchev–Trinajstić information content (AvgIpc) is 3.17. The van der Waals surface area contributed by atoms with Crippen molar-refractivity contribution in [3.05, 3.63) is 58.0 Å². The number of nitrogens with zero attached hydrogens (tertiary/aromatic N) is 3.